The van der Waals surface area contributed by atoms with E-state index < -0.39 is 0 Å². The van der Waals surface area contributed by atoms with Crippen molar-refractivity contribution < 1.29 is 13.9 Å². The Hall–Kier alpha value is -2.37. The molecule has 0 aliphatic carbocycles. The zero-order chi connectivity index (χ0) is 17.5. The fourth-order valence-corrected chi connectivity index (χ4v) is 2.98. The molecule has 2 aromatic rings. The largest absolute Gasteiger partial charge is 0.462 e. The van der Waals surface area contributed by atoms with Crippen LogP contribution in [0.4, 0.5) is 0 Å². The van der Waals surface area contributed by atoms with Crippen LogP contribution < -0.4 is 5.32 Å². The molecule has 0 bridgehead atoms. The lowest BCUT2D eigenvalue weighted by Gasteiger charge is -2.34. The Kier molecular flexibility index (Phi) is 6.04. The monoisotopic (exact) mass is 340 g/mol. The summed E-state index contributed by atoms with van der Waals surface area (Å²) < 4.78 is 10.9. The summed E-state index contributed by atoms with van der Waals surface area (Å²) in [6.45, 7) is 5.65. The predicted molar refractivity (Wildman–Crippen MR) is 97.1 cm³/mol. The van der Waals surface area contributed by atoms with E-state index in [2.05, 4.69) is 22.3 Å². The number of hydrogen-bond donors (Lipinski definition) is 1. The highest BCUT2D eigenvalue weighted by molar-refractivity contribution is 5.91. The molecule has 1 amide bonds. The van der Waals surface area contributed by atoms with Crippen LogP contribution in [0.2, 0.25) is 0 Å². The lowest BCUT2D eigenvalue weighted by atomic mass is 10.0. The summed E-state index contributed by atoms with van der Waals surface area (Å²) >= 11 is 0. The average molecular weight is 340 g/mol. The number of amides is 1. The summed E-state index contributed by atoms with van der Waals surface area (Å²) in [6, 6.07) is 14.1. The van der Waals surface area contributed by atoms with Gasteiger partial charge in [0.15, 0.2) is 0 Å². The summed E-state index contributed by atoms with van der Waals surface area (Å²) in [5.74, 6) is 1.39. The van der Waals surface area contributed by atoms with E-state index in [9.17, 15) is 4.79 Å². The second kappa shape index (κ2) is 8.65. The van der Waals surface area contributed by atoms with Gasteiger partial charge in [0.25, 0.3) is 0 Å². The van der Waals surface area contributed by atoms with Crippen molar-refractivity contribution in [2.24, 2.45) is 0 Å². The van der Waals surface area contributed by atoms with E-state index in [1.807, 2.05) is 37.3 Å². The van der Waals surface area contributed by atoms with Gasteiger partial charge >= 0.3 is 0 Å². The molecule has 1 aromatic carbocycles. The average Bonchev–Trinajstić information content (AvgIpc) is 3.07. The van der Waals surface area contributed by atoms with Crippen LogP contribution in [0.25, 0.3) is 6.08 Å². The minimum Gasteiger partial charge on any atom is -0.462 e. The fraction of sp³-hybridized carbons (Fsp3) is 0.350. The van der Waals surface area contributed by atoms with Crippen LogP contribution in [0.15, 0.2) is 53.0 Å². The molecule has 1 atom stereocenters. The van der Waals surface area contributed by atoms with Gasteiger partial charge in [-0.25, -0.2) is 0 Å². The number of benzene rings is 1. The zero-order valence-electron chi connectivity index (χ0n) is 14.5. The van der Waals surface area contributed by atoms with E-state index in [0.29, 0.717) is 12.3 Å². The molecule has 1 fully saturated rings. The Labute approximate surface area is 148 Å². The van der Waals surface area contributed by atoms with Crippen LogP contribution >= 0.6 is 0 Å². The molecule has 2 heterocycles. The summed E-state index contributed by atoms with van der Waals surface area (Å²) in [6.07, 6.45) is 3.20. The van der Waals surface area contributed by atoms with Crippen molar-refractivity contribution >= 4 is 12.0 Å². The van der Waals surface area contributed by atoms with Gasteiger partial charge in [0.05, 0.1) is 19.3 Å². The Morgan fingerprint density at radius 3 is 2.64 bits per heavy atom. The first-order valence-corrected chi connectivity index (χ1v) is 8.61. The van der Waals surface area contributed by atoms with Crippen molar-refractivity contribution in [2.45, 2.75) is 13.0 Å². The van der Waals surface area contributed by atoms with Crippen LogP contribution in [0.3, 0.4) is 0 Å². The van der Waals surface area contributed by atoms with E-state index >= 15 is 0 Å². The highest BCUT2D eigenvalue weighted by Crippen LogP contribution is 2.21. The smallest absolute Gasteiger partial charge is 0.244 e. The van der Waals surface area contributed by atoms with Gasteiger partial charge in [0.1, 0.15) is 11.5 Å². The Balaban J connectivity index is 1.61. The SMILES string of the molecule is Cc1ccc(/C=C/C(=O)NCC(c2ccccc2)N2CCOCC2)o1. The number of ether oxygens (including phenoxy) is 1. The first-order chi connectivity index (χ1) is 12.2. The Morgan fingerprint density at radius 2 is 1.96 bits per heavy atom. The fourth-order valence-electron chi connectivity index (χ4n) is 2.98. The minimum atomic E-state index is -0.122. The van der Waals surface area contributed by atoms with Gasteiger partial charge < -0.3 is 14.5 Å². The van der Waals surface area contributed by atoms with Crippen molar-refractivity contribution in [3.8, 4) is 0 Å². The maximum absolute atomic E-state index is 12.2. The van der Waals surface area contributed by atoms with Crippen LogP contribution in [-0.4, -0.2) is 43.7 Å². The van der Waals surface area contributed by atoms with E-state index in [4.69, 9.17) is 9.15 Å². The number of furan rings is 1. The molecular weight excluding hydrogens is 316 g/mol. The van der Waals surface area contributed by atoms with Gasteiger partial charge in [0, 0.05) is 25.7 Å². The van der Waals surface area contributed by atoms with Crippen molar-refractivity contribution in [1.29, 1.82) is 0 Å². The van der Waals surface area contributed by atoms with E-state index in [1.165, 1.54) is 11.6 Å². The van der Waals surface area contributed by atoms with Gasteiger partial charge in [-0.2, -0.15) is 0 Å². The third-order valence-electron chi connectivity index (χ3n) is 4.30. The number of hydrogen-bond acceptors (Lipinski definition) is 4. The molecule has 1 N–H and O–H groups in total. The number of nitrogens with one attached hydrogen (secondary N) is 1. The van der Waals surface area contributed by atoms with Crippen LogP contribution in [0.5, 0.6) is 0 Å². The maximum Gasteiger partial charge on any atom is 0.244 e. The van der Waals surface area contributed by atoms with Crippen molar-refractivity contribution in [2.75, 3.05) is 32.8 Å². The Bertz CT molecular complexity index is 703. The summed E-state index contributed by atoms with van der Waals surface area (Å²) in [4.78, 5) is 14.5. The number of aryl methyl sites for hydroxylation is 1. The first-order valence-electron chi connectivity index (χ1n) is 8.61. The number of rotatable bonds is 6. The molecule has 1 unspecified atom stereocenters. The maximum atomic E-state index is 12.2. The first kappa shape index (κ1) is 17.5. The predicted octanol–water partition coefficient (Wildman–Crippen LogP) is 2.79. The topological polar surface area (TPSA) is 54.7 Å². The summed E-state index contributed by atoms with van der Waals surface area (Å²) in [5, 5.41) is 3.01. The summed E-state index contributed by atoms with van der Waals surface area (Å²) in [7, 11) is 0. The molecule has 1 aliphatic heterocycles. The molecule has 0 radical (unpaired) electrons. The standard InChI is InChI=1S/C20H24N2O3/c1-16-7-8-18(25-16)9-10-20(23)21-15-19(17-5-3-2-4-6-17)22-11-13-24-14-12-22/h2-10,19H,11-15H2,1H3,(H,21,23)/b10-9+. The van der Waals surface area contributed by atoms with Crippen LogP contribution in [0, 0.1) is 6.92 Å². The zero-order valence-corrected chi connectivity index (χ0v) is 14.5. The van der Waals surface area contributed by atoms with Crippen molar-refractivity contribution in [3.05, 3.63) is 65.6 Å². The van der Waals surface area contributed by atoms with E-state index in [0.717, 1.165) is 32.1 Å². The third-order valence-corrected chi connectivity index (χ3v) is 4.30. The number of morpholine rings is 1. The molecule has 132 valence electrons. The van der Waals surface area contributed by atoms with Crippen molar-refractivity contribution in [1.82, 2.24) is 10.2 Å². The molecule has 0 spiro atoms. The molecular formula is C20H24N2O3. The van der Waals surface area contributed by atoms with Crippen molar-refractivity contribution in [3.63, 3.8) is 0 Å². The highest BCUT2D eigenvalue weighted by Gasteiger charge is 2.22. The molecule has 1 aliphatic rings. The van der Waals surface area contributed by atoms with Gasteiger partial charge in [-0.1, -0.05) is 30.3 Å². The van der Waals surface area contributed by atoms with Crippen LogP contribution in [0.1, 0.15) is 23.1 Å². The number of carbonyl (C=O) groups is 1. The minimum absolute atomic E-state index is 0.122. The van der Waals surface area contributed by atoms with Crippen LogP contribution in [-0.2, 0) is 9.53 Å². The molecule has 3 rings (SSSR count). The van der Waals surface area contributed by atoms with Gasteiger partial charge in [-0.3, -0.25) is 9.69 Å². The lowest BCUT2D eigenvalue weighted by molar-refractivity contribution is -0.116. The second-order valence-corrected chi connectivity index (χ2v) is 6.10. The number of carbonyl (C=O) groups excluding carboxylic acids is 1. The quantitative estimate of drug-likeness (QED) is 0.822. The van der Waals surface area contributed by atoms with E-state index in [1.54, 1.807) is 6.08 Å². The van der Waals surface area contributed by atoms with Gasteiger partial charge in [0.2, 0.25) is 5.91 Å². The van der Waals surface area contributed by atoms with Gasteiger partial charge in [-0.05, 0) is 30.7 Å². The van der Waals surface area contributed by atoms with Gasteiger partial charge in [-0.15, -0.1) is 0 Å². The molecule has 5 heteroatoms. The highest BCUT2D eigenvalue weighted by atomic mass is 16.5. The molecule has 0 saturated carbocycles. The Morgan fingerprint density at radius 1 is 1.20 bits per heavy atom. The third kappa shape index (κ3) is 5.05. The summed E-state index contributed by atoms with van der Waals surface area (Å²) in [5.41, 5.74) is 1.20. The molecule has 5 nitrogen and oxygen atoms in total. The second-order valence-electron chi connectivity index (χ2n) is 6.10. The number of nitrogens with zero attached hydrogens (tertiary/aromatic N) is 1. The normalized spacial score (nSPS) is 16.8. The molecule has 25 heavy (non-hydrogen) atoms. The molecule has 1 aromatic heterocycles. The molecule has 1 saturated heterocycles. The van der Waals surface area contributed by atoms with E-state index in [-0.39, 0.29) is 11.9 Å². The lowest BCUT2D eigenvalue weighted by Crippen LogP contribution is -2.43.